The molecule has 1 atom stereocenters. The number of fused-ring (bicyclic) bond motifs is 1. The molecule has 34 heavy (non-hydrogen) atoms. The smallest absolute Gasteiger partial charge is 0.407 e. The molecule has 10 nitrogen and oxygen atoms in total. The summed E-state index contributed by atoms with van der Waals surface area (Å²) in [5.74, 6) is 2.48. The number of carbonyl (C=O) groups excluding carboxylic acids is 1. The fourth-order valence-corrected chi connectivity index (χ4v) is 3.89. The van der Waals surface area contributed by atoms with E-state index in [-0.39, 0.29) is 47.1 Å². The minimum atomic E-state index is -1.08. The fourth-order valence-electron chi connectivity index (χ4n) is 3.89. The van der Waals surface area contributed by atoms with Gasteiger partial charge in [0.25, 0.3) is 0 Å². The van der Waals surface area contributed by atoms with Gasteiger partial charge in [-0.2, -0.15) is 5.10 Å². The minimum Gasteiger partial charge on any atom is -0.493 e. The Bertz CT molecular complexity index is 1350. The molecule has 1 aliphatic heterocycles. The second-order valence-corrected chi connectivity index (χ2v) is 7.44. The summed E-state index contributed by atoms with van der Waals surface area (Å²) >= 11 is 0. The SMILES string of the molecule is COc1cc(OC)c(F)c(C#Cc2nn([C@H]3CCN(C(=O)O)C3)c3c(C=O)cnc(N)c23)c1F. The Morgan fingerprint density at radius 3 is 2.50 bits per heavy atom. The third-order valence-electron chi connectivity index (χ3n) is 5.57. The molecule has 1 aromatic carbocycles. The van der Waals surface area contributed by atoms with E-state index in [1.54, 1.807) is 0 Å². The van der Waals surface area contributed by atoms with Crippen molar-refractivity contribution in [3.8, 4) is 23.3 Å². The van der Waals surface area contributed by atoms with Crippen molar-refractivity contribution in [2.24, 2.45) is 0 Å². The number of pyridine rings is 1. The van der Waals surface area contributed by atoms with Gasteiger partial charge in [-0.1, -0.05) is 5.92 Å². The van der Waals surface area contributed by atoms with Gasteiger partial charge in [-0.25, -0.2) is 18.6 Å². The van der Waals surface area contributed by atoms with Crippen LogP contribution in [0.2, 0.25) is 0 Å². The van der Waals surface area contributed by atoms with Gasteiger partial charge in [-0.3, -0.25) is 9.48 Å². The molecule has 0 unspecified atom stereocenters. The lowest BCUT2D eigenvalue weighted by atomic mass is 10.1. The quantitative estimate of drug-likeness (QED) is 0.438. The summed E-state index contributed by atoms with van der Waals surface area (Å²) in [6.45, 7) is 0.412. The van der Waals surface area contributed by atoms with Crippen molar-refractivity contribution < 1.29 is 33.0 Å². The lowest BCUT2D eigenvalue weighted by molar-refractivity contribution is 0.112. The highest BCUT2D eigenvalue weighted by Crippen LogP contribution is 2.33. The Balaban J connectivity index is 1.91. The van der Waals surface area contributed by atoms with E-state index in [0.29, 0.717) is 18.2 Å². The van der Waals surface area contributed by atoms with E-state index in [9.17, 15) is 23.5 Å². The number of nitrogen functional groups attached to an aromatic ring is 1. The van der Waals surface area contributed by atoms with Gasteiger partial charge in [-0.15, -0.1) is 0 Å². The number of rotatable bonds is 4. The van der Waals surface area contributed by atoms with Gasteiger partial charge in [0.05, 0.1) is 36.7 Å². The molecule has 3 aromatic rings. The van der Waals surface area contributed by atoms with Crippen molar-refractivity contribution in [3.05, 3.63) is 40.7 Å². The van der Waals surface area contributed by atoms with E-state index in [4.69, 9.17) is 15.2 Å². The van der Waals surface area contributed by atoms with Crippen LogP contribution in [0.1, 0.15) is 34.1 Å². The molecule has 0 aliphatic carbocycles. The van der Waals surface area contributed by atoms with Crippen LogP contribution in [-0.2, 0) is 0 Å². The van der Waals surface area contributed by atoms with E-state index < -0.39 is 29.3 Å². The first-order chi connectivity index (χ1) is 16.3. The molecule has 0 radical (unpaired) electrons. The number of nitrogens with two attached hydrogens (primary N) is 1. The second-order valence-electron chi connectivity index (χ2n) is 7.44. The van der Waals surface area contributed by atoms with Gasteiger partial charge in [0, 0.05) is 25.4 Å². The monoisotopic (exact) mass is 471 g/mol. The van der Waals surface area contributed by atoms with Crippen LogP contribution < -0.4 is 15.2 Å². The molecule has 3 N–H and O–H groups in total. The number of methoxy groups -OCH3 is 2. The molecular formula is C22H19F2N5O5. The average molecular weight is 471 g/mol. The highest BCUT2D eigenvalue weighted by atomic mass is 19.1. The summed E-state index contributed by atoms with van der Waals surface area (Å²) in [4.78, 5) is 28.3. The number of anilines is 1. The number of hydrogen-bond donors (Lipinski definition) is 2. The number of benzene rings is 1. The van der Waals surface area contributed by atoms with E-state index in [2.05, 4.69) is 21.9 Å². The molecule has 1 aliphatic rings. The number of carbonyl (C=O) groups is 2. The lowest BCUT2D eigenvalue weighted by Crippen LogP contribution is -2.27. The van der Waals surface area contributed by atoms with Crippen LogP contribution >= 0.6 is 0 Å². The van der Waals surface area contributed by atoms with Gasteiger partial charge in [0.15, 0.2) is 29.4 Å². The molecule has 176 valence electrons. The van der Waals surface area contributed by atoms with Crippen LogP contribution in [0.3, 0.4) is 0 Å². The number of likely N-dealkylation sites (tertiary alicyclic amines) is 1. The second kappa shape index (κ2) is 8.86. The Hall–Kier alpha value is -4.40. The molecule has 4 rings (SSSR count). The first kappa shape index (κ1) is 22.8. The average Bonchev–Trinajstić information content (AvgIpc) is 3.46. The summed E-state index contributed by atoms with van der Waals surface area (Å²) < 4.78 is 40.8. The van der Waals surface area contributed by atoms with Crippen LogP contribution in [0.4, 0.5) is 19.4 Å². The largest absolute Gasteiger partial charge is 0.493 e. The summed E-state index contributed by atoms with van der Waals surface area (Å²) in [6.07, 6.45) is 1.21. The highest BCUT2D eigenvalue weighted by Gasteiger charge is 2.30. The standard InChI is InChI=1S/C22H19F2N5O5/c1-33-15-7-16(34-2)19(24)13(18(15)23)3-4-14-17-20(11(10-30)8-26-21(17)25)29(27-14)12-5-6-28(9-12)22(31)32/h7-8,10,12H,5-6,9H2,1-2H3,(H2,25,26)(H,31,32)/t12-/m0/s1. The first-order valence-electron chi connectivity index (χ1n) is 10.0. The van der Waals surface area contributed by atoms with Gasteiger partial charge in [0.2, 0.25) is 0 Å². The van der Waals surface area contributed by atoms with E-state index in [1.165, 1.54) is 30.0 Å². The Kier molecular flexibility index (Phi) is 5.93. The van der Waals surface area contributed by atoms with Crippen molar-refractivity contribution in [2.75, 3.05) is 33.0 Å². The number of halogens is 2. The molecule has 1 amide bonds. The maximum atomic E-state index is 14.7. The maximum absolute atomic E-state index is 14.7. The van der Waals surface area contributed by atoms with Gasteiger partial charge < -0.3 is 25.2 Å². The summed E-state index contributed by atoms with van der Waals surface area (Å²) in [5, 5.41) is 13.9. The number of carboxylic acid groups (broad SMARTS) is 1. The van der Waals surface area contributed by atoms with Crippen LogP contribution in [0.5, 0.6) is 11.5 Å². The molecule has 0 saturated carbocycles. The van der Waals surface area contributed by atoms with Crippen LogP contribution in [0.15, 0.2) is 12.3 Å². The van der Waals surface area contributed by atoms with Crippen molar-refractivity contribution in [3.63, 3.8) is 0 Å². The Morgan fingerprint density at radius 2 is 1.94 bits per heavy atom. The van der Waals surface area contributed by atoms with E-state index in [1.807, 2.05) is 0 Å². The number of hydrogen-bond acceptors (Lipinski definition) is 7. The molecule has 1 saturated heterocycles. The predicted octanol–water partition coefficient (Wildman–Crippen LogP) is 2.45. The van der Waals surface area contributed by atoms with E-state index in [0.717, 1.165) is 6.07 Å². The van der Waals surface area contributed by atoms with Gasteiger partial charge in [0.1, 0.15) is 17.1 Å². The molecule has 0 bridgehead atoms. The van der Waals surface area contributed by atoms with Crippen LogP contribution in [0, 0.1) is 23.5 Å². The van der Waals surface area contributed by atoms with Crippen molar-refractivity contribution in [1.82, 2.24) is 19.7 Å². The van der Waals surface area contributed by atoms with Crippen LogP contribution in [0.25, 0.3) is 10.9 Å². The zero-order valence-corrected chi connectivity index (χ0v) is 18.1. The minimum absolute atomic E-state index is 0.00778. The fraction of sp³-hybridized carbons (Fsp3) is 0.273. The molecule has 0 spiro atoms. The number of nitrogens with zero attached hydrogens (tertiary/aromatic N) is 4. The molecule has 2 aromatic heterocycles. The maximum Gasteiger partial charge on any atom is 0.407 e. The normalized spacial score (nSPS) is 15.2. The number of amides is 1. The van der Waals surface area contributed by atoms with E-state index >= 15 is 0 Å². The predicted molar refractivity (Wildman–Crippen MR) is 116 cm³/mol. The van der Waals surface area contributed by atoms with Gasteiger partial charge in [-0.05, 0) is 12.3 Å². The Labute approximate surface area is 191 Å². The zero-order valence-electron chi connectivity index (χ0n) is 18.1. The number of ether oxygens (including phenoxy) is 2. The molecule has 3 heterocycles. The van der Waals surface area contributed by atoms with Crippen molar-refractivity contribution >= 4 is 29.1 Å². The van der Waals surface area contributed by atoms with Crippen LogP contribution in [-0.4, -0.2) is 64.5 Å². The molecule has 12 heteroatoms. The molecule has 1 fully saturated rings. The van der Waals surface area contributed by atoms with Crippen molar-refractivity contribution in [2.45, 2.75) is 12.5 Å². The summed E-state index contributed by atoms with van der Waals surface area (Å²) in [5.41, 5.74) is 5.95. The molecular weight excluding hydrogens is 452 g/mol. The lowest BCUT2D eigenvalue weighted by Gasteiger charge is -2.14. The topological polar surface area (TPSA) is 133 Å². The zero-order chi connectivity index (χ0) is 24.6. The van der Waals surface area contributed by atoms with Gasteiger partial charge >= 0.3 is 6.09 Å². The number of aldehydes is 1. The Morgan fingerprint density at radius 1 is 1.26 bits per heavy atom. The van der Waals surface area contributed by atoms with Crippen molar-refractivity contribution in [1.29, 1.82) is 0 Å². The summed E-state index contributed by atoms with van der Waals surface area (Å²) in [7, 11) is 2.44. The first-order valence-corrected chi connectivity index (χ1v) is 10.0. The third-order valence-corrected chi connectivity index (χ3v) is 5.57. The number of aromatic nitrogens is 3. The third kappa shape index (κ3) is 3.71. The summed E-state index contributed by atoms with van der Waals surface area (Å²) in [6, 6.07) is 0.659. The highest BCUT2D eigenvalue weighted by molar-refractivity contribution is 6.02.